The number of carbonyl (C=O) groups is 3. The number of hydrogen-bond donors (Lipinski definition) is 2. The Morgan fingerprint density at radius 1 is 1.57 bits per heavy atom. The van der Waals surface area contributed by atoms with E-state index in [1.54, 1.807) is 0 Å². The average molecular weight is 429 g/mol. The van der Waals surface area contributed by atoms with Crippen LogP contribution < -0.4 is 45.7 Å². The molecule has 2 amide bonds. The molecule has 10 nitrogen and oxygen atoms in total. The number of nitrogens with two attached hydrogens (primary N) is 1. The van der Waals surface area contributed by atoms with Crippen LogP contribution in [-0.4, -0.2) is 57.7 Å². The van der Waals surface area contributed by atoms with Gasteiger partial charge < -0.3 is 25.8 Å². The number of carboxylic acids is 1. The molecule has 0 aliphatic carbocycles. The summed E-state index contributed by atoms with van der Waals surface area (Å²) in [5, 5.41) is 18.7. The zero-order chi connectivity index (χ0) is 19.7. The van der Waals surface area contributed by atoms with Crippen LogP contribution in [0.1, 0.15) is 5.69 Å². The van der Waals surface area contributed by atoms with Crippen molar-refractivity contribution < 1.29 is 53.9 Å². The molecule has 1 saturated heterocycles. The van der Waals surface area contributed by atoms with Crippen molar-refractivity contribution in [2.24, 2.45) is 5.16 Å². The molecule has 1 aromatic rings. The van der Waals surface area contributed by atoms with Crippen LogP contribution in [0.5, 0.6) is 0 Å². The third-order valence-electron chi connectivity index (χ3n) is 3.78. The summed E-state index contributed by atoms with van der Waals surface area (Å²) in [5.41, 5.74) is 5.43. The number of thiazole rings is 1. The van der Waals surface area contributed by atoms with Crippen molar-refractivity contribution in [1.82, 2.24) is 15.2 Å². The first-order valence-electron chi connectivity index (χ1n) is 7.38. The number of anilines is 1. The Morgan fingerprint density at radius 2 is 2.29 bits per heavy atom. The number of hydrogen-bond acceptors (Lipinski definition) is 10. The monoisotopic (exact) mass is 429 g/mol. The Labute approximate surface area is 189 Å². The number of nitrogens with zero attached hydrogens (tertiary/aromatic N) is 3. The van der Waals surface area contributed by atoms with E-state index in [0.717, 1.165) is 16.2 Å². The summed E-state index contributed by atoms with van der Waals surface area (Å²) in [7, 11) is 1.26. The maximum absolute atomic E-state index is 12.6. The minimum Gasteiger partial charge on any atom is -0.543 e. The molecule has 0 bridgehead atoms. The zero-order valence-electron chi connectivity index (χ0n) is 14.8. The second-order valence-electron chi connectivity index (χ2n) is 5.31. The number of carboxylic acid groups (broad SMARTS) is 1. The van der Waals surface area contributed by atoms with Crippen molar-refractivity contribution in [3.8, 4) is 12.3 Å². The Balaban J connectivity index is 0.00000280. The van der Waals surface area contributed by atoms with E-state index in [1.807, 2.05) is 0 Å². The maximum Gasteiger partial charge on any atom is 1.00 e. The standard InChI is InChI=1S/C15H13N5O5S2.Na/c1-3-6-4-26-13-9(12(22)20(13)10(6)14(23)24)18-11(21)8(19-25-2)7-5-27-15(16)17-7;/h1,5,9,13H,4H2,2H3,(H2,16,17)(H,18,21)(H,23,24);/q;+1/p-1/b19-8+;/t9?,13-;/m1./s1. The predicted octanol–water partition coefficient (Wildman–Crippen LogP) is -4.88. The van der Waals surface area contributed by atoms with E-state index in [9.17, 15) is 19.5 Å². The van der Waals surface area contributed by atoms with Crippen molar-refractivity contribution in [3.05, 3.63) is 22.3 Å². The van der Waals surface area contributed by atoms with Crippen LogP contribution in [-0.2, 0) is 19.2 Å². The number of rotatable bonds is 5. The van der Waals surface area contributed by atoms with Crippen LogP contribution in [0.25, 0.3) is 0 Å². The van der Waals surface area contributed by atoms with Gasteiger partial charge in [0.15, 0.2) is 10.8 Å². The van der Waals surface area contributed by atoms with Gasteiger partial charge in [0.1, 0.15) is 24.2 Å². The number of fused-ring (bicyclic) bond motifs is 1. The molecule has 0 aromatic carbocycles. The van der Waals surface area contributed by atoms with E-state index in [2.05, 4.69) is 26.2 Å². The van der Waals surface area contributed by atoms with Crippen LogP contribution in [0.2, 0.25) is 0 Å². The van der Waals surface area contributed by atoms with Crippen molar-refractivity contribution in [2.75, 3.05) is 18.6 Å². The number of aromatic nitrogens is 1. The normalized spacial score (nSPS) is 21.1. The molecule has 2 atom stereocenters. The Kier molecular flexibility index (Phi) is 7.13. The first kappa shape index (κ1) is 22.3. The van der Waals surface area contributed by atoms with E-state index >= 15 is 0 Å². The Hall–Kier alpha value is -2.04. The van der Waals surface area contributed by atoms with Crippen LogP contribution >= 0.6 is 23.1 Å². The maximum atomic E-state index is 12.6. The summed E-state index contributed by atoms with van der Waals surface area (Å²) in [6.07, 6.45) is 5.30. The fraction of sp³-hybridized carbons (Fsp3) is 0.267. The molecule has 1 aromatic heterocycles. The van der Waals surface area contributed by atoms with Crippen molar-refractivity contribution in [1.29, 1.82) is 0 Å². The molecule has 0 radical (unpaired) electrons. The largest absolute Gasteiger partial charge is 1.00 e. The summed E-state index contributed by atoms with van der Waals surface area (Å²) >= 11 is 2.35. The zero-order valence-corrected chi connectivity index (χ0v) is 18.4. The Morgan fingerprint density at radius 3 is 2.82 bits per heavy atom. The van der Waals surface area contributed by atoms with Gasteiger partial charge in [-0.2, -0.15) is 0 Å². The SMILES string of the molecule is C#CC1=C(C(=O)[O-])N2C(=O)C(NC(=O)/C(=N/OC)c3csc(N)n3)[C@H]2SC1.[Na+]. The average Bonchev–Trinajstić information content (AvgIpc) is 3.08. The molecule has 3 N–H and O–H groups in total. The van der Waals surface area contributed by atoms with E-state index in [-0.39, 0.29) is 63.1 Å². The molecule has 3 rings (SSSR count). The van der Waals surface area contributed by atoms with Gasteiger partial charge in [0.2, 0.25) is 0 Å². The number of nitrogen functional groups attached to an aromatic ring is 1. The molecule has 13 heteroatoms. The van der Waals surface area contributed by atoms with Crippen LogP contribution in [0.4, 0.5) is 5.13 Å². The first-order chi connectivity index (χ1) is 12.9. The number of terminal acetylenes is 1. The molecule has 0 saturated carbocycles. The number of carbonyl (C=O) groups excluding carboxylic acids is 3. The quantitative estimate of drug-likeness (QED) is 0.156. The second-order valence-corrected chi connectivity index (χ2v) is 7.31. The predicted molar refractivity (Wildman–Crippen MR) is 96.0 cm³/mol. The van der Waals surface area contributed by atoms with Crippen molar-refractivity contribution in [3.63, 3.8) is 0 Å². The number of nitrogens with one attached hydrogen (secondary N) is 1. The summed E-state index contributed by atoms with van der Waals surface area (Å²) < 4.78 is 0. The van der Waals surface area contributed by atoms with Gasteiger partial charge in [-0.15, -0.1) is 29.5 Å². The van der Waals surface area contributed by atoms with Gasteiger partial charge in [-0.25, -0.2) is 4.98 Å². The minimum atomic E-state index is -1.54. The van der Waals surface area contributed by atoms with Crippen LogP contribution in [0.15, 0.2) is 21.8 Å². The molecule has 2 aliphatic rings. The summed E-state index contributed by atoms with van der Waals surface area (Å²) in [6, 6.07) is -0.950. The molecule has 0 spiro atoms. The third-order valence-corrected chi connectivity index (χ3v) is 5.74. The van der Waals surface area contributed by atoms with Crippen molar-refractivity contribution in [2.45, 2.75) is 11.4 Å². The van der Waals surface area contributed by atoms with E-state index in [0.29, 0.717) is 0 Å². The Bertz CT molecular complexity index is 937. The summed E-state index contributed by atoms with van der Waals surface area (Å²) in [4.78, 5) is 46.0. The van der Waals surface area contributed by atoms with Gasteiger partial charge in [0, 0.05) is 16.7 Å². The molecule has 1 unspecified atom stereocenters. The van der Waals surface area contributed by atoms with Gasteiger partial charge in [0.05, 0.1) is 11.7 Å². The topological polar surface area (TPSA) is 150 Å². The van der Waals surface area contributed by atoms with Gasteiger partial charge in [0.25, 0.3) is 11.8 Å². The minimum absolute atomic E-state index is 0. The molecule has 1 fully saturated rings. The number of β-lactam (4-membered cyclic amide) rings is 1. The molecular formula is C15H12N5NaO5S2. The smallest absolute Gasteiger partial charge is 0.543 e. The number of thioether (sulfide) groups is 1. The fourth-order valence-corrected chi connectivity index (χ4v) is 4.46. The molecule has 28 heavy (non-hydrogen) atoms. The van der Waals surface area contributed by atoms with Gasteiger partial charge in [-0.05, 0) is 0 Å². The van der Waals surface area contributed by atoms with Crippen molar-refractivity contribution >= 4 is 51.7 Å². The van der Waals surface area contributed by atoms with Crippen LogP contribution in [0, 0.1) is 12.3 Å². The third kappa shape index (κ3) is 3.89. The van der Waals surface area contributed by atoms with Gasteiger partial charge in [-0.1, -0.05) is 11.1 Å². The first-order valence-corrected chi connectivity index (χ1v) is 9.31. The molecule has 3 heterocycles. The summed E-state index contributed by atoms with van der Waals surface area (Å²) in [6.45, 7) is 0. The number of oxime groups is 1. The van der Waals surface area contributed by atoms with E-state index in [1.165, 1.54) is 24.3 Å². The number of amides is 2. The van der Waals surface area contributed by atoms with E-state index in [4.69, 9.17) is 12.2 Å². The second kappa shape index (κ2) is 8.97. The molecular weight excluding hydrogens is 417 g/mol. The van der Waals surface area contributed by atoms with Crippen LogP contribution in [0.3, 0.4) is 0 Å². The molecule has 2 aliphatic heterocycles. The van der Waals surface area contributed by atoms with Gasteiger partial charge in [-0.3, -0.25) is 14.5 Å². The van der Waals surface area contributed by atoms with Gasteiger partial charge >= 0.3 is 29.6 Å². The molecule has 140 valence electrons. The number of aliphatic carboxylic acids is 1. The fourth-order valence-electron chi connectivity index (χ4n) is 2.62. The summed E-state index contributed by atoms with van der Waals surface area (Å²) in [5.74, 6) is -0.384. The van der Waals surface area contributed by atoms with E-state index < -0.39 is 29.2 Å².